The summed E-state index contributed by atoms with van der Waals surface area (Å²) in [5.74, 6) is 1.31. The van der Waals surface area contributed by atoms with Crippen molar-refractivity contribution in [2.24, 2.45) is 5.92 Å². The highest BCUT2D eigenvalue weighted by Crippen LogP contribution is 2.36. The van der Waals surface area contributed by atoms with E-state index >= 15 is 0 Å². The van der Waals surface area contributed by atoms with E-state index in [1.165, 1.54) is 26.0 Å². The highest BCUT2D eigenvalue weighted by atomic mass is 16.6. The fraction of sp³-hybridized carbons (Fsp3) is 0.571. The van der Waals surface area contributed by atoms with Gasteiger partial charge < -0.3 is 10.1 Å². The minimum atomic E-state index is -0.366. The SMILES string of the molecule is CCC(CC1CC1)Nc1ccc(OC)cc1[N+](=O)[O-]. The zero-order valence-corrected chi connectivity index (χ0v) is 11.4. The number of methoxy groups -OCH3 is 1. The molecule has 0 saturated heterocycles. The van der Waals surface area contributed by atoms with Crippen LogP contribution in [0.25, 0.3) is 0 Å². The van der Waals surface area contributed by atoms with Crippen molar-refractivity contribution in [3.63, 3.8) is 0 Å². The van der Waals surface area contributed by atoms with Crippen molar-refractivity contribution in [3.05, 3.63) is 28.3 Å². The topological polar surface area (TPSA) is 64.4 Å². The van der Waals surface area contributed by atoms with E-state index in [4.69, 9.17) is 4.74 Å². The van der Waals surface area contributed by atoms with Crippen LogP contribution < -0.4 is 10.1 Å². The van der Waals surface area contributed by atoms with Gasteiger partial charge in [0.2, 0.25) is 0 Å². The van der Waals surface area contributed by atoms with Crippen LogP contribution in [0, 0.1) is 16.0 Å². The lowest BCUT2D eigenvalue weighted by Crippen LogP contribution is -2.19. The predicted molar refractivity (Wildman–Crippen MR) is 74.7 cm³/mol. The minimum Gasteiger partial charge on any atom is -0.496 e. The molecule has 0 spiro atoms. The highest BCUT2D eigenvalue weighted by molar-refractivity contribution is 5.64. The molecule has 1 aromatic carbocycles. The first-order valence-electron chi connectivity index (χ1n) is 6.73. The van der Waals surface area contributed by atoms with Gasteiger partial charge in [0.05, 0.1) is 18.1 Å². The first-order valence-corrected chi connectivity index (χ1v) is 6.73. The normalized spacial score (nSPS) is 15.9. The van der Waals surface area contributed by atoms with Crippen molar-refractivity contribution in [2.75, 3.05) is 12.4 Å². The molecule has 19 heavy (non-hydrogen) atoms. The van der Waals surface area contributed by atoms with Gasteiger partial charge in [-0.2, -0.15) is 0 Å². The fourth-order valence-corrected chi connectivity index (χ4v) is 2.22. The molecule has 1 atom stereocenters. The smallest absolute Gasteiger partial charge is 0.296 e. The van der Waals surface area contributed by atoms with E-state index in [-0.39, 0.29) is 10.6 Å². The average Bonchev–Trinajstić information content (AvgIpc) is 3.22. The largest absolute Gasteiger partial charge is 0.496 e. The molecule has 2 rings (SSSR count). The Hall–Kier alpha value is -1.78. The van der Waals surface area contributed by atoms with Gasteiger partial charge >= 0.3 is 0 Å². The second-order valence-corrected chi connectivity index (χ2v) is 5.07. The lowest BCUT2D eigenvalue weighted by Gasteiger charge is -2.18. The second kappa shape index (κ2) is 5.91. The molecular weight excluding hydrogens is 244 g/mol. The van der Waals surface area contributed by atoms with Gasteiger partial charge in [0.25, 0.3) is 5.69 Å². The van der Waals surface area contributed by atoms with Crippen LogP contribution in [0.3, 0.4) is 0 Å². The Morgan fingerprint density at radius 3 is 2.79 bits per heavy atom. The molecule has 0 radical (unpaired) electrons. The van der Waals surface area contributed by atoms with E-state index in [1.807, 2.05) is 0 Å². The average molecular weight is 264 g/mol. The van der Waals surface area contributed by atoms with E-state index in [0.717, 1.165) is 18.8 Å². The molecule has 0 aliphatic heterocycles. The number of ether oxygens (including phenoxy) is 1. The maximum absolute atomic E-state index is 11.1. The number of benzene rings is 1. The number of hydrogen-bond donors (Lipinski definition) is 1. The Bertz CT molecular complexity index is 458. The molecule has 1 aliphatic carbocycles. The molecule has 1 fully saturated rings. The molecule has 5 nitrogen and oxygen atoms in total. The fourth-order valence-electron chi connectivity index (χ4n) is 2.22. The predicted octanol–water partition coefficient (Wildman–Crippen LogP) is 3.59. The summed E-state index contributed by atoms with van der Waals surface area (Å²) in [7, 11) is 1.51. The summed E-state index contributed by atoms with van der Waals surface area (Å²) >= 11 is 0. The van der Waals surface area contributed by atoms with Crippen LogP contribution in [0.5, 0.6) is 5.75 Å². The lowest BCUT2D eigenvalue weighted by molar-refractivity contribution is -0.384. The maximum atomic E-state index is 11.1. The summed E-state index contributed by atoms with van der Waals surface area (Å²) in [5, 5.41) is 14.4. The molecule has 0 bridgehead atoms. The van der Waals surface area contributed by atoms with Gasteiger partial charge in [0.1, 0.15) is 11.4 Å². The minimum absolute atomic E-state index is 0.0774. The van der Waals surface area contributed by atoms with Gasteiger partial charge in [-0.3, -0.25) is 10.1 Å². The van der Waals surface area contributed by atoms with Crippen LogP contribution in [-0.4, -0.2) is 18.1 Å². The monoisotopic (exact) mass is 264 g/mol. The van der Waals surface area contributed by atoms with Crippen molar-refractivity contribution in [2.45, 2.75) is 38.6 Å². The summed E-state index contributed by atoms with van der Waals surface area (Å²) in [6.07, 6.45) is 4.66. The van der Waals surface area contributed by atoms with Gasteiger partial charge in [-0.1, -0.05) is 19.8 Å². The maximum Gasteiger partial charge on any atom is 0.296 e. The molecule has 0 amide bonds. The Morgan fingerprint density at radius 1 is 1.53 bits per heavy atom. The molecule has 1 unspecified atom stereocenters. The molecule has 1 N–H and O–H groups in total. The number of nitro benzene ring substituents is 1. The van der Waals surface area contributed by atoms with Crippen molar-refractivity contribution in [3.8, 4) is 5.75 Å². The summed E-state index contributed by atoms with van der Waals surface area (Å²) < 4.78 is 5.03. The molecule has 1 saturated carbocycles. The van der Waals surface area contributed by atoms with Gasteiger partial charge in [0, 0.05) is 6.04 Å². The van der Waals surface area contributed by atoms with Crippen molar-refractivity contribution in [1.82, 2.24) is 0 Å². The van der Waals surface area contributed by atoms with Crippen LogP contribution in [0.15, 0.2) is 18.2 Å². The summed E-state index contributed by atoms with van der Waals surface area (Å²) in [6, 6.07) is 5.25. The quantitative estimate of drug-likeness (QED) is 0.603. The molecule has 1 aliphatic rings. The molecule has 0 heterocycles. The van der Waals surface area contributed by atoms with E-state index in [9.17, 15) is 10.1 Å². The zero-order chi connectivity index (χ0) is 13.8. The van der Waals surface area contributed by atoms with Crippen molar-refractivity contribution in [1.29, 1.82) is 0 Å². The molecule has 5 heteroatoms. The Labute approximate surface area is 113 Å². The highest BCUT2D eigenvalue weighted by Gasteiger charge is 2.26. The van der Waals surface area contributed by atoms with Crippen LogP contribution >= 0.6 is 0 Å². The van der Waals surface area contributed by atoms with Crippen molar-refractivity contribution >= 4 is 11.4 Å². The molecule has 0 aromatic heterocycles. The Kier molecular flexibility index (Phi) is 4.24. The third-order valence-corrected chi connectivity index (χ3v) is 3.57. The number of nitrogens with one attached hydrogen (secondary N) is 1. The standard InChI is InChI=1S/C14H20N2O3/c1-3-11(8-10-4-5-10)15-13-7-6-12(19-2)9-14(13)16(17)18/h6-7,9-11,15H,3-5,8H2,1-2H3. The van der Waals surface area contributed by atoms with E-state index in [0.29, 0.717) is 17.5 Å². The lowest BCUT2D eigenvalue weighted by atomic mass is 10.1. The summed E-state index contributed by atoms with van der Waals surface area (Å²) in [4.78, 5) is 10.7. The molecule has 1 aromatic rings. The van der Waals surface area contributed by atoms with Crippen LogP contribution in [-0.2, 0) is 0 Å². The first-order chi connectivity index (χ1) is 9.13. The van der Waals surface area contributed by atoms with Crippen LogP contribution in [0.2, 0.25) is 0 Å². The van der Waals surface area contributed by atoms with Gasteiger partial charge in [0.15, 0.2) is 0 Å². The van der Waals surface area contributed by atoms with Gasteiger partial charge in [-0.15, -0.1) is 0 Å². The van der Waals surface area contributed by atoms with Gasteiger partial charge in [-0.25, -0.2) is 0 Å². The Balaban J connectivity index is 2.14. The van der Waals surface area contributed by atoms with E-state index in [1.54, 1.807) is 12.1 Å². The van der Waals surface area contributed by atoms with Crippen LogP contribution in [0.1, 0.15) is 32.6 Å². The van der Waals surface area contributed by atoms with Crippen molar-refractivity contribution < 1.29 is 9.66 Å². The molecular formula is C14H20N2O3. The Morgan fingerprint density at radius 2 is 2.26 bits per heavy atom. The first kappa shape index (κ1) is 13.6. The molecule has 104 valence electrons. The number of hydrogen-bond acceptors (Lipinski definition) is 4. The second-order valence-electron chi connectivity index (χ2n) is 5.07. The number of rotatable bonds is 7. The van der Waals surface area contributed by atoms with Gasteiger partial charge in [-0.05, 0) is 30.9 Å². The number of anilines is 1. The summed E-state index contributed by atoms with van der Waals surface area (Å²) in [5.41, 5.74) is 0.659. The zero-order valence-electron chi connectivity index (χ0n) is 11.4. The number of nitrogens with zero attached hydrogens (tertiary/aromatic N) is 1. The van der Waals surface area contributed by atoms with E-state index < -0.39 is 0 Å². The summed E-state index contributed by atoms with van der Waals surface area (Å²) in [6.45, 7) is 2.11. The third kappa shape index (κ3) is 3.59. The van der Waals surface area contributed by atoms with E-state index in [2.05, 4.69) is 12.2 Å². The number of nitro groups is 1. The van der Waals surface area contributed by atoms with Crippen LogP contribution in [0.4, 0.5) is 11.4 Å². The third-order valence-electron chi connectivity index (χ3n) is 3.57.